The molecule has 0 aliphatic heterocycles. The van der Waals surface area contributed by atoms with Crippen molar-refractivity contribution in [3.05, 3.63) is 112 Å². The Morgan fingerprint density at radius 3 is 2.36 bits per heavy atom. The number of hydrogen-bond donors (Lipinski definition) is 4. The lowest BCUT2D eigenvalue weighted by Crippen LogP contribution is -2.21. The number of carbonyl (C=O) groups is 1. The molecule has 5 rings (SSSR count). The van der Waals surface area contributed by atoms with E-state index in [1.54, 1.807) is 48.5 Å². The molecule has 0 aliphatic carbocycles. The molecular weight excluding hydrogens is 562 g/mol. The van der Waals surface area contributed by atoms with Gasteiger partial charge in [0.05, 0.1) is 34.6 Å². The molecule has 0 aliphatic rings. The van der Waals surface area contributed by atoms with Crippen molar-refractivity contribution in [2.24, 2.45) is 4.99 Å². The Balaban J connectivity index is 1.62. The second kappa shape index (κ2) is 11.1. The van der Waals surface area contributed by atoms with Gasteiger partial charge in [0.2, 0.25) is 5.88 Å². The average Bonchev–Trinajstić information content (AvgIpc) is 2.97. The third-order valence-corrected chi connectivity index (χ3v) is 7.76. The molecule has 212 valence electrons. The van der Waals surface area contributed by atoms with E-state index in [2.05, 4.69) is 9.71 Å². The van der Waals surface area contributed by atoms with E-state index in [0.29, 0.717) is 11.1 Å². The number of methoxy groups -OCH3 is 1. The largest absolute Gasteiger partial charge is 0.507 e. The fourth-order valence-corrected chi connectivity index (χ4v) is 5.48. The van der Waals surface area contributed by atoms with Gasteiger partial charge in [0.15, 0.2) is 0 Å². The molecule has 0 atom stereocenters. The van der Waals surface area contributed by atoms with Crippen molar-refractivity contribution >= 4 is 44.4 Å². The number of aromatic nitrogens is 1. The van der Waals surface area contributed by atoms with E-state index in [1.165, 1.54) is 49.7 Å². The second-order valence-corrected chi connectivity index (χ2v) is 10.7. The highest BCUT2D eigenvalue weighted by Crippen LogP contribution is 2.30. The first-order chi connectivity index (χ1) is 20.1. The molecule has 1 aromatic heterocycles. The molecule has 0 amide bonds. The van der Waals surface area contributed by atoms with Gasteiger partial charge in [0.1, 0.15) is 17.1 Å². The smallest absolute Gasteiger partial charge is 0.339 e. The van der Waals surface area contributed by atoms with E-state index in [4.69, 9.17) is 9.84 Å². The van der Waals surface area contributed by atoms with Gasteiger partial charge in [-0.25, -0.2) is 17.8 Å². The molecule has 0 radical (unpaired) electrons. The standard InChI is InChI=1S/C30H23N3O8S/c1-41-27-12-5-4-11-25(27)32-42(39,40)20-8-6-7-19(16-20)33-28(35)22-10-3-2-9-21(22)24(29(33)36)17-31-18-13-14-23(30(37)38)26(34)15-18/h2-17,32,34,36H,1H3,(H,37,38). The van der Waals surface area contributed by atoms with Crippen molar-refractivity contribution in [2.75, 3.05) is 11.8 Å². The summed E-state index contributed by atoms with van der Waals surface area (Å²) >= 11 is 0. The summed E-state index contributed by atoms with van der Waals surface area (Å²) in [6, 6.07) is 22.2. The first-order valence-corrected chi connectivity index (χ1v) is 13.8. The summed E-state index contributed by atoms with van der Waals surface area (Å²) < 4.78 is 35.2. The maximum absolute atomic E-state index is 13.5. The lowest BCUT2D eigenvalue weighted by Gasteiger charge is -2.15. The topological polar surface area (TPSA) is 168 Å². The van der Waals surface area contributed by atoms with Crippen LogP contribution in [0.4, 0.5) is 11.4 Å². The molecule has 0 bridgehead atoms. The number of aromatic hydroxyl groups is 2. The van der Waals surface area contributed by atoms with Crippen LogP contribution in [0.15, 0.2) is 106 Å². The summed E-state index contributed by atoms with van der Waals surface area (Å²) in [7, 11) is -2.72. The summed E-state index contributed by atoms with van der Waals surface area (Å²) in [5.41, 5.74) is -0.287. The number of fused-ring (bicyclic) bond motifs is 1. The monoisotopic (exact) mass is 585 g/mol. The third-order valence-electron chi connectivity index (χ3n) is 6.40. The van der Waals surface area contributed by atoms with Crippen molar-refractivity contribution in [3.8, 4) is 23.1 Å². The van der Waals surface area contributed by atoms with Crippen LogP contribution in [-0.2, 0) is 10.0 Å². The first-order valence-electron chi connectivity index (χ1n) is 12.3. The van der Waals surface area contributed by atoms with Crippen molar-refractivity contribution in [1.29, 1.82) is 0 Å². The van der Waals surface area contributed by atoms with Gasteiger partial charge in [0.25, 0.3) is 15.6 Å². The molecule has 0 spiro atoms. The first kappa shape index (κ1) is 27.9. The Morgan fingerprint density at radius 2 is 1.64 bits per heavy atom. The van der Waals surface area contributed by atoms with Crippen LogP contribution in [0.25, 0.3) is 16.5 Å². The number of nitrogens with zero attached hydrogens (tertiary/aromatic N) is 2. The number of benzene rings is 4. The summed E-state index contributed by atoms with van der Waals surface area (Å²) in [4.78, 5) is 28.8. The molecule has 0 saturated heterocycles. The van der Waals surface area contributed by atoms with Gasteiger partial charge in [0, 0.05) is 23.1 Å². The van der Waals surface area contributed by atoms with Gasteiger partial charge in [-0.3, -0.25) is 14.5 Å². The zero-order valence-electron chi connectivity index (χ0n) is 21.9. The lowest BCUT2D eigenvalue weighted by molar-refractivity contribution is 0.0693. The lowest BCUT2D eigenvalue weighted by atomic mass is 10.1. The number of anilines is 1. The van der Waals surface area contributed by atoms with Crippen molar-refractivity contribution in [3.63, 3.8) is 0 Å². The Hall–Kier alpha value is -5.62. The van der Waals surface area contributed by atoms with Crippen molar-refractivity contribution < 1.29 is 33.3 Å². The number of phenols is 1. The molecule has 0 unspecified atom stereocenters. The number of nitrogens with one attached hydrogen (secondary N) is 1. The zero-order chi connectivity index (χ0) is 30.0. The van der Waals surface area contributed by atoms with Crippen LogP contribution >= 0.6 is 0 Å². The van der Waals surface area contributed by atoms with E-state index >= 15 is 0 Å². The highest BCUT2D eigenvalue weighted by molar-refractivity contribution is 7.92. The number of aliphatic imine (C=N–C) groups is 1. The predicted molar refractivity (Wildman–Crippen MR) is 157 cm³/mol. The van der Waals surface area contributed by atoms with E-state index in [1.807, 2.05) is 0 Å². The van der Waals surface area contributed by atoms with Crippen molar-refractivity contribution in [2.45, 2.75) is 4.90 Å². The van der Waals surface area contributed by atoms with Crippen LogP contribution in [-0.4, -0.2) is 47.6 Å². The summed E-state index contributed by atoms with van der Waals surface area (Å²) in [6.07, 6.45) is 1.27. The van der Waals surface area contributed by atoms with E-state index in [9.17, 15) is 28.2 Å². The van der Waals surface area contributed by atoms with E-state index < -0.39 is 33.2 Å². The van der Waals surface area contributed by atoms with Gasteiger partial charge in [-0.2, -0.15) is 0 Å². The Labute approximate surface area is 239 Å². The number of ether oxygens (including phenoxy) is 1. The summed E-state index contributed by atoms with van der Waals surface area (Å²) in [5, 5.41) is 31.1. The number of carboxylic acids is 1. The van der Waals surface area contributed by atoms with Gasteiger partial charge < -0.3 is 20.1 Å². The summed E-state index contributed by atoms with van der Waals surface area (Å²) in [5.74, 6) is -1.99. The van der Waals surface area contributed by atoms with Crippen LogP contribution in [0.5, 0.6) is 17.4 Å². The fourth-order valence-electron chi connectivity index (χ4n) is 4.37. The maximum Gasteiger partial charge on any atom is 0.339 e. The number of rotatable bonds is 8. The van der Waals surface area contributed by atoms with Crippen LogP contribution in [0.1, 0.15) is 15.9 Å². The molecule has 1 heterocycles. The van der Waals surface area contributed by atoms with Gasteiger partial charge >= 0.3 is 5.97 Å². The molecule has 12 heteroatoms. The molecular formula is C30H23N3O8S. The Morgan fingerprint density at radius 1 is 0.929 bits per heavy atom. The second-order valence-electron chi connectivity index (χ2n) is 8.99. The number of para-hydroxylation sites is 2. The molecule has 11 nitrogen and oxygen atoms in total. The quantitative estimate of drug-likeness (QED) is 0.191. The number of sulfonamides is 1. The van der Waals surface area contributed by atoms with Gasteiger partial charge in [-0.05, 0) is 48.5 Å². The maximum atomic E-state index is 13.5. The van der Waals surface area contributed by atoms with E-state index in [0.717, 1.165) is 10.6 Å². The minimum atomic E-state index is -4.13. The summed E-state index contributed by atoms with van der Waals surface area (Å²) in [6.45, 7) is 0. The van der Waals surface area contributed by atoms with Crippen molar-refractivity contribution in [1.82, 2.24) is 4.57 Å². The van der Waals surface area contributed by atoms with Crippen LogP contribution in [0.3, 0.4) is 0 Å². The molecule has 4 aromatic carbocycles. The molecule has 0 saturated carbocycles. The minimum Gasteiger partial charge on any atom is -0.507 e. The Kier molecular flexibility index (Phi) is 7.38. The van der Waals surface area contributed by atoms with Gasteiger partial charge in [-0.1, -0.05) is 36.4 Å². The fraction of sp³-hybridized carbons (Fsp3) is 0.0333. The molecule has 5 aromatic rings. The SMILES string of the molecule is COc1ccccc1NS(=O)(=O)c1cccc(-n2c(O)c(C=Nc3ccc(C(=O)O)c(O)c3)c3ccccc3c2=O)c1. The molecule has 4 N–H and O–H groups in total. The van der Waals surface area contributed by atoms with Gasteiger partial charge in [-0.15, -0.1) is 0 Å². The number of hydrogen-bond acceptors (Lipinski definition) is 8. The van der Waals surface area contributed by atoms with Crippen LogP contribution < -0.4 is 15.0 Å². The molecule has 42 heavy (non-hydrogen) atoms. The third kappa shape index (κ3) is 5.25. The number of aromatic carboxylic acids is 1. The zero-order valence-corrected chi connectivity index (χ0v) is 22.7. The average molecular weight is 586 g/mol. The highest BCUT2D eigenvalue weighted by atomic mass is 32.2. The van der Waals surface area contributed by atoms with E-state index in [-0.39, 0.29) is 38.5 Å². The Bertz CT molecular complexity index is 2050. The number of pyridine rings is 1. The highest BCUT2D eigenvalue weighted by Gasteiger charge is 2.20. The van der Waals surface area contributed by atoms with Crippen LogP contribution in [0, 0.1) is 0 Å². The van der Waals surface area contributed by atoms with Crippen LogP contribution in [0.2, 0.25) is 0 Å². The molecule has 0 fully saturated rings. The normalized spacial score (nSPS) is 11.5. The number of carboxylic acid groups (broad SMARTS) is 1. The predicted octanol–water partition coefficient (Wildman–Crippen LogP) is 4.66. The minimum absolute atomic E-state index is 0.0734.